The predicted molar refractivity (Wildman–Crippen MR) is 76.8 cm³/mol. The standard InChI is InChI=1S/C14H17N5O2/c1-8-7-15-19-13(12(8)14(20)21)16-11-6-10(17-18-11)9-4-2-3-5-9/h6-7,9H,2-5H2,1H3,(H,20,21)(H2,16,17,18,19). The predicted octanol–water partition coefficient (Wildman–Crippen LogP) is 2.61. The summed E-state index contributed by atoms with van der Waals surface area (Å²) in [6.45, 7) is 1.69. The molecule has 0 saturated heterocycles. The lowest BCUT2D eigenvalue weighted by Gasteiger charge is -2.07. The molecule has 1 saturated carbocycles. The maximum atomic E-state index is 11.3. The Kier molecular flexibility index (Phi) is 3.55. The van der Waals surface area contributed by atoms with E-state index in [1.165, 1.54) is 31.9 Å². The Hall–Kier alpha value is -2.44. The zero-order valence-corrected chi connectivity index (χ0v) is 11.8. The molecule has 0 unspecified atom stereocenters. The molecule has 2 heterocycles. The molecule has 0 aliphatic heterocycles. The van der Waals surface area contributed by atoms with E-state index in [0.29, 0.717) is 17.3 Å². The molecule has 2 aromatic heterocycles. The molecular weight excluding hydrogens is 270 g/mol. The third-order valence-electron chi connectivity index (χ3n) is 3.89. The molecule has 0 radical (unpaired) electrons. The second-order valence-corrected chi connectivity index (χ2v) is 5.37. The molecule has 7 heteroatoms. The summed E-state index contributed by atoms with van der Waals surface area (Å²) >= 11 is 0. The van der Waals surface area contributed by atoms with Crippen LogP contribution < -0.4 is 5.32 Å². The Labute approximate surface area is 121 Å². The zero-order chi connectivity index (χ0) is 14.8. The van der Waals surface area contributed by atoms with Crippen LogP contribution in [0, 0.1) is 6.92 Å². The largest absolute Gasteiger partial charge is 0.478 e. The number of aryl methyl sites for hydroxylation is 1. The van der Waals surface area contributed by atoms with Crippen molar-refractivity contribution in [2.45, 2.75) is 38.5 Å². The number of H-pyrrole nitrogens is 1. The number of aromatic carboxylic acids is 1. The van der Waals surface area contributed by atoms with Crippen molar-refractivity contribution in [1.29, 1.82) is 0 Å². The first-order valence-electron chi connectivity index (χ1n) is 7.03. The lowest BCUT2D eigenvalue weighted by atomic mass is 10.0. The number of carboxylic acid groups (broad SMARTS) is 1. The average Bonchev–Trinajstić information content (AvgIpc) is 3.08. The fourth-order valence-electron chi connectivity index (χ4n) is 2.80. The van der Waals surface area contributed by atoms with Gasteiger partial charge in [0.25, 0.3) is 0 Å². The van der Waals surface area contributed by atoms with Gasteiger partial charge >= 0.3 is 5.97 Å². The van der Waals surface area contributed by atoms with Crippen molar-refractivity contribution >= 4 is 17.6 Å². The topological polar surface area (TPSA) is 104 Å². The third-order valence-corrected chi connectivity index (χ3v) is 3.89. The summed E-state index contributed by atoms with van der Waals surface area (Å²) in [5, 5.41) is 27.1. The van der Waals surface area contributed by atoms with Crippen molar-refractivity contribution in [2.75, 3.05) is 5.32 Å². The van der Waals surface area contributed by atoms with Crippen molar-refractivity contribution in [1.82, 2.24) is 20.4 Å². The SMILES string of the molecule is Cc1cnnc(Nc2cc(C3CCCC3)[nH]n2)c1C(=O)O. The van der Waals surface area contributed by atoms with Crippen LogP contribution >= 0.6 is 0 Å². The van der Waals surface area contributed by atoms with Crippen molar-refractivity contribution in [2.24, 2.45) is 0 Å². The van der Waals surface area contributed by atoms with Gasteiger partial charge in [-0.2, -0.15) is 10.2 Å². The first-order chi connectivity index (χ1) is 10.1. The van der Waals surface area contributed by atoms with Gasteiger partial charge in [-0.1, -0.05) is 12.8 Å². The fourth-order valence-corrected chi connectivity index (χ4v) is 2.80. The highest BCUT2D eigenvalue weighted by atomic mass is 16.4. The first-order valence-corrected chi connectivity index (χ1v) is 7.03. The van der Waals surface area contributed by atoms with Crippen molar-refractivity contribution in [3.8, 4) is 0 Å². The Bertz CT molecular complexity index is 661. The van der Waals surface area contributed by atoms with Gasteiger partial charge in [-0.25, -0.2) is 4.79 Å². The smallest absolute Gasteiger partial charge is 0.339 e. The molecule has 0 atom stereocenters. The average molecular weight is 287 g/mol. The Morgan fingerprint density at radius 1 is 1.43 bits per heavy atom. The molecule has 2 aromatic rings. The number of nitrogens with one attached hydrogen (secondary N) is 2. The summed E-state index contributed by atoms with van der Waals surface area (Å²) in [6.07, 6.45) is 6.28. The molecule has 3 N–H and O–H groups in total. The van der Waals surface area contributed by atoms with Gasteiger partial charge in [-0.05, 0) is 25.3 Å². The van der Waals surface area contributed by atoms with Gasteiger partial charge in [0, 0.05) is 17.7 Å². The van der Waals surface area contributed by atoms with Gasteiger partial charge in [-0.3, -0.25) is 5.10 Å². The van der Waals surface area contributed by atoms with E-state index >= 15 is 0 Å². The van der Waals surface area contributed by atoms with Crippen LogP contribution in [0.4, 0.5) is 11.6 Å². The summed E-state index contributed by atoms with van der Waals surface area (Å²) in [6, 6.07) is 1.92. The Morgan fingerprint density at radius 2 is 2.19 bits per heavy atom. The number of aromatic amines is 1. The number of carbonyl (C=O) groups is 1. The zero-order valence-electron chi connectivity index (χ0n) is 11.8. The third kappa shape index (κ3) is 2.72. The Balaban J connectivity index is 1.84. The maximum Gasteiger partial charge on any atom is 0.339 e. The van der Waals surface area contributed by atoms with Gasteiger partial charge in [-0.15, -0.1) is 5.10 Å². The molecule has 0 aromatic carbocycles. The van der Waals surface area contributed by atoms with E-state index in [1.54, 1.807) is 6.92 Å². The molecule has 21 heavy (non-hydrogen) atoms. The quantitative estimate of drug-likeness (QED) is 0.798. The molecule has 0 spiro atoms. The number of aromatic nitrogens is 4. The van der Waals surface area contributed by atoms with Gasteiger partial charge < -0.3 is 10.4 Å². The van der Waals surface area contributed by atoms with E-state index in [9.17, 15) is 9.90 Å². The van der Waals surface area contributed by atoms with Crippen LogP contribution in [0.5, 0.6) is 0 Å². The number of carboxylic acids is 1. The van der Waals surface area contributed by atoms with E-state index in [4.69, 9.17) is 0 Å². The van der Waals surface area contributed by atoms with Gasteiger partial charge in [0.05, 0.1) is 6.20 Å². The van der Waals surface area contributed by atoms with Crippen LogP contribution in [0.1, 0.15) is 53.2 Å². The van der Waals surface area contributed by atoms with E-state index in [-0.39, 0.29) is 11.4 Å². The number of hydrogen-bond acceptors (Lipinski definition) is 5. The summed E-state index contributed by atoms with van der Waals surface area (Å²) in [5.41, 5.74) is 1.77. The highest BCUT2D eigenvalue weighted by Crippen LogP contribution is 2.34. The normalized spacial score (nSPS) is 15.3. The van der Waals surface area contributed by atoms with Gasteiger partial charge in [0.2, 0.25) is 0 Å². The molecule has 1 aliphatic carbocycles. The summed E-state index contributed by atoms with van der Waals surface area (Å²) in [5.74, 6) is 0.276. The highest BCUT2D eigenvalue weighted by Gasteiger charge is 2.20. The van der Waals surface area contributed by atoms with Crippen LogP contribution in [0.25, 0.3) is 0 Å². The maximum absolute atomic E-state index is 11.3. The first kappa shape index (κ1) is 13.5. The molecule has 1 aliphatic rings. The molecule has 7 nitrogen and oxygen atoms in total. The van der Waals surface area contributed by atoms with E-state index in [2.05, 4.69) is 25.7 Å². The number of hydrogen-bond donors (Lipinski definition) is 3. The number of anilines is 2. The summed E-state index contributed by atoms with van der Waals surface area (Å²) in [4.78, 5) is 11.3. The lowest BCUT2D eigenvalue weighted by molar-refractivity contribution is 0.0696. The molecular formula is C14H17N5O2. The lowest BCUT2D eigenvalue weighted by Crippen LogP contribution is -2.08. The number of nitrogens with zero attached hydrogens (tertiary/aromatic N) is 3. The van der Waals surface area contributed by atoms with Gasteiger partial charge in [0.15, 0.2) is 11.6 Å². The van der Waals surface area contributed by atoms with Crippen molar-refractivity contribution < 1.29 is 9.90 Å². The van der Waals surface area contributed by atoms with Crippen LogP contribution in [-0.4, -0.2) is 31.5 Å². The molecule has 0 amide bonds. The monoisotopic (exact) mass is 287 g/mol. The Morgan fingerprint density at radius 3 is 2.90 bits per heavy atom. The minimum Gasteiger partial charge on any atom is -0.478 e. The van der Waals surface area contributed by atoms with Crippen LogP contribution in [0.3, 0.4) is 0 Å². The van der Waals surface area contributed by atoms with Crippen LogP contribution in [0.15, 0.2) is 12.3 Å². The second kappa shape index (κ2) is 5.51. The molecule has 3 rings (SSSR count). The summed E-state index contributed by atoms with van der Waals surface area (Å²) in [7, 11) is 0. The molecule has 0 bridgehead atoms. The van der Waals surface area contributed by atoms with E-state index in [0.717, 1.165) is 5.69 Å². The van der Waals surface area contributed by atoms with Crippen LogP contribution in [-0.2, 0) is 0 Å². The highest BCUT2D eigenvalue weighted by molar-refractivity contribution is 5.95. The summed E-state index contributed by atoms with van der Waals surface area (Å²) < 4.78 is 0. The fraction of sp³-hybridized carbons (Fsp3) is 0.429. The number of rotatable bonds is 4. The van der Waals surface area contributed by atoms with Crippen LogP contribution in [0.2, 0.25) is 0 Å². The molecule has 1 fully saturated rings. The second-order valence-electron chi connectivity index (χ2n) is 5.37. The van der Waals surface area contributed by atoms with Gasteiger partial charge in [0.1, 0.15) is 5.56 Å². The van der Waals surface area contributed by atoms with Crippen molar-refractivity contribution in [3.05, 3.63) is 29.1 Å². The minimum absolute atomic E-state index is 0.121. The van der Waals surface area contributed by atoms with E-state index in [1.807, 2.05) is 6.07 Å². The minimum atomic E-state index is -1.03. The van der Waals surface area contributed by atoms with E-state index < -0.39 is 5.97 Å². The molecule has 110 valence electrons. The van der Waals surface area contributed by atoms with Crippen molar-refractivity contribution in [3.63, 3.8) is 0 Å².